The van der Waals surface area contributed by atoms with Crippen LogP contribution in [-0.2, 0) is 16.1 Å². The highest BCUT2D eigenvalue weighted by Gasteiger charge is 2.30. The van der Waals surface area contributed by atoms with E-state index < -0.39 is 0 Å². The minimum Gasteiger partial charge on any atom is -0.493 e. The van der Waals surface area contributed by atoms with Gasteiger partial charge in [-0.2, -0.15) is 4.98 Å². The summed E-state index contributed by atoms with van der Waals surface area (Å²) >= 11 is 0. The molecule has 3 heterocycles. The first-order valence-electron chi connectivity index (χ1n) is 12.1. The number of nitrogens with zero attached hydrogens (tertiary/aromatic N) is 4. The second-order valence-corrected chi connectivity index (χ2v) is 8.87. The van der Waals surface area contributed by atoms with Crippen LogP contribution in [0.3, 0.4) is 0 Å². The maximum Gasteiger partial charge on any atom is 0.251 e. The van der Waals surface area contributed by atoms with E-state index in [0.29, 0.717) is 67.0 Å². The third kappa shape index (κ3) is 5.09. The molecule has 2 aliphatic rings. The second kappa shape index (κ2) is 10.4. The van der Waals surface area contributed by atoms with Gasteiger partial charge in [0, 0.05) is 44.2 Å². The lowest BCUT2D eigenvalue weighted by atomic mass is 10.2. The molecule has 2 saturated heterocycles. The molecule has 2 fully saturated rings. The molecule has 9 heteroatoms. The first kappa shape index (κ1) is 23.2. The molecule has 1 unspecified atom stereocenters. The van der Waals surface area contributed by atoms with Gasteiger partial charge in [0.15, 0.2) is 11.5 Å². The summed E-state index contributed by atoms with van der Waals surface area (Å²) in [5, 5.41) is 0.711. The zero-order valence-electron chi connectivity index (χ0n) is 20.0. The zero-order valence-corrected chi connectivity index (χ0v) is 20.0. The van der Waals surface area contributed by atoms with E-state index in [4.69, 9.17) is 24.9 Å². The standard InChI is InChI=1S/C26H31N5O4/c1-33-22-16-20-19(15-23(22)35-17-18-7-3-2-4-8-18)24(27)29-26(28-20)31-11-6-10-30(12-13-31)25(32)21-9-5-14-34-21/h2-4,7-8,15-16,21H,5-6,9-14,17H2,1H3,(H2,27,28,29). The molecule has 5 rings (SSSR count). The predicted octanol–water partition coefficient (Wildman–Crippen LogP) is 3.02. The molecule has 0 saturated carbocycles. The van der Waals surface area contributed by atoms with Gasteiger partial charge in [-0.1, -0.05) is 30.3 Å². The first-order valence-corrected chi connectivity index (χ1v) is 12.1. The number of anilines is 2. The maximum absolute atomic E-state index is 12.8. The number of hydrogen-bond acceptors (Lipinski definition) is 8. The van der Waals surface area contributed by atoms with Crippen molar-refractivity contribution in [2.75, 3.05) is 50.5 Å². The lowest BCUT2D eigenvalue weighted by Crippen LogP contribution is -2.41. The van der Waals surface area contributed by atoms with Crippen LogP contribution in [0.1, 0.15) is 24.8 Å². The Balaban J connectivity index is 1.34. The molecule has 9 nitrogen and oxygen atoms in total. The van der Waals surface area contributed by atoms with E-state index in [1.54, 1.807) is 7.11 Å². The smallest absolute Gasteiger partial charge is 0.251 e. The van der Waals surface area contributed by atoms with E-state index in [-0.39, 0.29) is 12.0 Å². The fourth-order valence-electron chi connectivity index (χ4n) is 4.61. The van der Waals surface area contributed by atoms with Crippen LogP contribution in [0, 0.1) is 0 Å². The Morgan fingerprint density at radius 3 is 2.71 bits per heavy atom. The summed E-state index contributed by atoms with van der Waals surface area (Å²) in [5.41, 5.74) is 8.12. The SMILES string of the molecule is COc1cc2nc(N3CCCN(C(=O)C4CCCO4)CC3)nc(N)c2cc1OCc1ccccc1. The highest BCUT2D eigenvalue weighted by molar-refractivity contribution is 5.91. The van der Waals surface area contributed by atoms with Crippen molar-refractivity contribution >= 4 is 28.6 Å². The number of carbonyl (C=O) groups excluding carboxylic acids is 1. The van der Waals surface area contributed by atoms with Crippen LogP contribution >= 0.6 is 0 Å². The molecule has 0 spiro atoms. The molecule has 0 bridgehead atoms. The quantitative estimate of drug-likeness (QED) is 0.578. The monoisotopic (exact) mass is 477 g/mol. The van der Waals surface area contributed by atoms with E-state index in [0.717, 1.165) is 31.4 Å². The topological polar surface area (TPSA) is 103 Å². The van der Waals surface area contributed by atoms with Crippen molar-refractivity contribution in [2.24, 2.45) is 0 Å². The van der Waals surface area contributed by atoms with Crippen LogP contribution in [0.4, 0.5) is 11.8 Å². The van der Waals surface area contributed by atoms with E-state index in [9.17, 15) is 4.79 Å². The number of rotatable bonds is 6. The summed E-state index contributed by atoms with van der Waals surface area (Å²) in [7, 11) is 1.61. The fraction of sp³-hybridized carbons (Fsp3) is 0.423. The molecule has 0 radical (unpaired) electrons. The Morgan fingerprint density at radius 1 is 1.09 bits per heavy atom. The molecule has 0 aliphatic carbocycles. The van der Waals surface area contributed by atoms with Gasteiger partial charge in [0.05, 0.1) is 12.6 Å². The summed E-state index contributed by atoms with van der Waals surface area (Å²) in [6.45, 7) is 3.78. The lowest BCUT2D eigenvalue weighted by molar-refractivity contribution is -0.140. The van der Waals surface area contributed by atoms with Crippen LogP contribution in [0.25, 0.3) is 10.9 Å². The molecule has 35 heavy (non-hydrogen) atoms. The minimum absolute atomic E-state index is 0.0936. The summed E-state index contributed by atoms with van der Waals surface area (Å²) in [6, 6.07) is 13.6. The van der Waals surface area contributed by atoms with Gasteiger partial charge in [0.1, 0.15) is 18.5 Å². The molecule has 2 N–H and O–H groups in total. The summed E-state index contributed by atoms with van der Waals surface area (Å²) in [5.74, 6) is 2.21. The number of fused-ring (bicyclic) bond motifs is 1. The Hall–Kier alpha value is -3.59. The Bertz CT molecular complexity index is 1180. The number of nitrogens with two attached hydrogens (primary N) is 1. The molecular formula is C26H31N5O4. The molecule has 184 valence electrons. The van der Waals surface area contributed by atoms with Gasteiger partial charge in [-0.25, -0.2) is 4.98 Å². The fourth-order valence-corrected chi connectivity index (χ4v) is 4.61. The maximum atomic E-state index is 12.8. The van der Waals surface area contributed by atoms with Gasteiger partial charge in [-0.05, 0) is 30.9 Å². The largest absolute Gasteiger partial charge is 0.493 e. The summed E-state index contributed by atoms with van der Waals surface area (Å²) < 4.78 is 17.2. The number of ether oxygens (including phenoxy) is 3. The van der Waals surface area contributed by atoms with Crippen molar-refractivity contribution in [1.29, 1.82) is 0 Å². The second-order valence-electron chi connectivity index (χ2n) is 8.87. The van der Waals surface area contributed by atoms with Gasteiger partial charge < -0.3 is 29.7 Å². The minimum atomic E-state index is -0.292. The number of carbonyl (C=O) groups is 1. The van der Waals surface area contributed by atoms with Crippen LogP contribution < -0.4 is 20.1 Å². The number of amides is 1. The Morgan fingerprint density at radius 2 is 1.94 bits per heavy atom. The van der Waals surface area contributed by atoms with Crippen molar-refractivity contribution < 1.29 is 19.0 Å². The highest BCUT2D eigenvalue weighted by atomic mass is 16.5. The van der Waals surface area contributed by atoms with Crippen molar-refractivity contribution in [3.8, 4) is 11.5 Å². The van der Waals surface area contributed by atoms with Crippen LogP contribution in [0.15, 0.2) is 42.5 Å². The van der Waals surface area contributed by atoms with E-state index >= 15 is 0 Å². The molecule has 1 atom stereocenters. The van der Waals surface area contributed by atoms with Gasteiger partial charge in [0.25, 0.3) is 5.91 Å². The van der Waals surface area contributed by atoms with Crippen molar-refractivity contribution in [3.05, 3.63) is 48.0 Å². The van der Waals surface area contributed by atoms with Gasteiger partial charge >= 0.3 is 0 Å². The average molecular weight is 478 g/mol. The van der Waals surface area contributed by atoms with Crippen LogP contribution in [0.2, 0.25) is 0 Å². The lowest BCUT2D eigenvalue weighted by Gasteiger charge is -2.24. The van der Waals surface area contributed by atoms with Crippen LogP contribution in [-0.4, -0.2) is 66.8 Å². The molecule has 2 aliphatic heterocycles. The van der Waals surface area contributed by atoms with E-state index in [2.05, 4.69) is 9.88 Å². The predicted molar refractivity (Wildman–Crippen MR) is 134 cm³/mol. The summed E-state index contributed by atoms with van der Waals surface area (Å²) in [6.07, 6.45) is 2.29. The third-order valence-electron chi connectivity index (χ3n) is 6.53. The Kier molecular flexibility index (Phi) is 6.85. The van der Waals surface area contributed by atoms with E-state index in [1.807, 2.05) is 47.4 Å². The number of hydrogen-bond donors (Lipinski definition) is 1. The van der Waals surface area contributed by atoms with Gasteiger partial charge in [-0.15, -0.1) is 0 Å². The van der Waals surface area contributed by atoms with Crippen molar-refractivity contribution in [1.82, 2.24) is 14.9 Å². The number of nitrogen functional groups attached to an aromatic ring is 1. The Labute approximate surface area is 204 Å². The molecule has 1 amide bonds. The van der Waals surface area contributed by atoms with Gasteiger partial charge in [0.2, 0.25) is 5.95 Å². The highest BCUT2D eigenvalue weighted by Crippen LogP contribution is 2.35. The average Bonchev–Trinajstić information content (AvgIpc) is 3.32. The molecule has 1 aromatic heterocycles. The number of aromatic nitrogens is 2. The normalized spacial score (nSPS) is 18.5. The first-order chi connectivity index (χ1) is 17.1. The molecule has 3 aromatic rings. The molecular weight excluding hydrogens is 446 g/mol. The number of methoxy groups -OCH3 is 1. The van der Waals surface area contributed by atoms with Crippen LogP contribution in [0.5, 0.6) is 11.5 Å². The zero-order chi connectivity index (χ0) is 24.2. The van der Waals surface area contributed by atoms with E-state index in [1.165, 1.54) is 0 Å². The third-order valence-corrected chi connectivity index (χ3v) is 6.53. The van der Waals surface area contributed by atoms with Crippen molar-refractivity contribution in [3.63, 3.8) is 0 Å². The number of benzene rings is 2. The molecule has 2 aromatic carbocycles. The summed E-state index contributed by atoms with van der Waals surface area (Å²) in [4.78, 5) is 26.2. The van der Waals surface area contributed by atoms with Gasteiger partial charge in [-0.3, -0.25) is 4.79 Å². The van der Waals surface area contributed by atoms with Crippen molar-refractivity contribution in [2.45, 2.75) is 32.0 Å².